The smallest absolute Gasteiger partial charge is 0.237 e. The molecule has 2 aromatic heterocycles. The van der Waals surface area contributed by atoms with Crippen molar-refractivity contribution >= 4 is 11.8 Å². The summed E-state index contributed by atoms with van der Waals surface area (Å²) in [7, 11) is 0. The zero-order valence-corrected chi connectivity index (χ0v) is 11.8. The Hall–Kier alpha value is -2.22. The van der Waals surface area contributed by atoms with Gasteiger partial charge in [-0.1, -0.05) is 29.1 Å². The lowest BCUT2D eigenvalue weighted by Crippen LogP contribution is -1.99. The van der Waals surface area contributed by atoms with E-state index in [9.17, 15) is 0 Å². The summed E-state index contributed by atoms with van der Waals surface area (Å²) in [5.41, 5.74) is 2.08. The van der Waals surface area contributed by atoms with Gasteiger partial charge in [0.25, 0.3) is 0 Å². The lowest BCUT2D eigenvalue weighted by molar-refractivity contribution is 0.387. The summed E-state index contributed by atoms with van der Waals surface area (Å²) < 4.78 is 6.76. The van der Waals surface area contributed by atoms with Crippen LogP contribution in [0.1, 0.15) is 17.3 Å². The van der Waals surface area contributed by atoms with E-state index in [1.54, 1.807) is 11.6 Å². The molecule has 0 aliphatic carbocycles. The molecule has 3 aromatic rings. The second-order valence-corrected chi connectivity index (χ2v) is 5.18. The van der Waals surface area contributed by atoms with Crippen LogP contribution in [0.25, 0.3) is 5.69 Å². The van der Waals surface area contributed by atoms with E-state index >= 15 is 0 Å². The van der Waals surface area contributed by atoms with E-state index in [0.717, 1.165) is 11.3 Å². The lowest BCUT2D eigenvalue weighted by atomic mass is 10.2. The van der Waals surface area contributed by atoms with Crippen molar-refractivity contribution in [3.05, 3.63) is 41.5 Å². The predicted molar refractivity (Wildman–Crippen MR) is 72.5 cm³/mol. The number of tetrazole rings is 1. The zero-order valence-electron chi connectivity index (χ0n) is 11.0. The Kier molecular flexibility index (Phi) is 3.46. The predicted octanol–water partition coefficient (Wildman–Crippen LogP) is 1.95. The maximum atomic E-state index is 5.07. The third kappa shape index (κ3) is 2.69. The second-order valence-electron chi connectivity index (χ2n) is 4.24. The summed E-state index contributed by atoms with van der Waals surface area (Å²) >= 11 is 1.45. The van der Waals surface area contributed by atoms with Gasteiger partial charge in [-0.15, -0.1) is 5.10 Å². The molecule has 0 radical (unpaired) electrons. The fourth-order valence-corrected chi connectivity index (χ4v) is 2.44. The van der Waals surface area contributed by atoms with E-state index < -0.39 is 0 Å². The van der Waals surface area contributed by atoms with Crippen LogP contribution in [0.15, 0.2) is 33.9 Å². The molecule has 0 aliphatic rings. The van der Waals surface area contributed by atoms with E-state index in [1.165, 1.54) is 11.8 Å². The molecule has 0 N–H and O–H groups in total. The Morgan fingerprint density at radius 3 is 2.95 bits per heavy atom. The van der Waals surface area contributed by atoms with Crippen molar-refractivity contribution in [3.8, 4) is 5.69 Å². The first-order valence-corrected chi connectivity index (χ1v) is 6.98. The van der Waals surface area contributed by atoms with Gasteiger partial charge >= 0.3 is 0 Å². The molecule has 8 heteroatoms. The number of thioether (sulfide) groups is 1. The van der Waals surface area contributed by atoms with Crippen molar-refractivity contribution in [2.24, 2.45) is 0 Å². The minimum atomic E-state index is 0.535. The Morgan fingerprint density at radius 2 is 2.20 bits per heavy atom. The van der Waals surface area contributed by atoms with Crippen LogP contribution in [0.3, 0.4) is 0 Å². The van der Waals surface area contributed by atoms with Crippen molar-refractivity contribution in [2.75, 3.05) is 0 Å². The van der Waals surface area contributed by atoms with Gasteiger partial charge < -0.3 is 4.52 Å². The molecule has 0 unspecified atom stereocenters. The Bertz CT molecular complexity index is 722. The third-order valence-electron chi connectivity index (χ3n) is 2.58. The van der Waals surface area contributed by atoms with Crippen LogP contribution >= 0.6 is 11.8 Å². The van der Waals surface area contributed by atoms with Crippen molar-refractivity contribution in [2.45, 2.75) is 24.8 Å². The number of nitrogens with zero attached hydrogens (tertiary/aromatic N) is 6. The van der Waals surface area contributed by atoms with Gasteiger partial charge in [0.2, 0.25) is 11.0 Å². The number of hydrogen-bond donors (Lipinski definition) is 0. The van der Waals surface area contributed by atoms with Gasteiger partial charge in [0.05, 0.1) is 11.4 Å². The molecule has 0 spiro atoms. The average Bonchev–Trinajstić information content (AvgIpc) is 3.05. The Labute approximate surface area is 119 Å². The number of aromatic nitrogens is 6. The molecular formula is C12H12N6OS. The second kappa shape index (κ2) is 5.41. The van der Waals surface area contributed by atoms with E-state index in [2.05, 4.69) is 25.7 Å². The van der Waals surface area contributed by atoms with Gasteiger partial charge in [0, 0.05) is 0 Å². The largest absolute Gasteiger partial charge is 0.338 e. The monoisotopic (exact) mass is 288 g/mol. The van der Waals surface area contributed by atoms with Crippen molar-refractivity contribution in [3.63, 3.8) is 0 Å². The number of hydrogen-bond acceptors (Lipinski definition) is 7. The van der Waals surface area contributed by atoms with Gasteiger partial charge in [-0.05, 0) is 42.0 Å². The summed E-state index contributed by atoms with van der Waals surface area (Å²) in [6.45, 7) is 3.82. The normalized spacial score (nSPS) is 10.9. The zero-order chi connectivity index (χ0) is 13.9. The SMILES string of the molecule is Cc1cccc(-n2nnnc2SCc2nc(C)no2)c1. The number of aryl methyl sites for hydroxylation is 2. The van der Waals surface area contributed by atoms with Crippen LogP contribution in [-0.4, -0.2) is 30.3 Å². The van der Waals surface area contributed by atoms with Crippen molar-refractivity contribution in [1.29, 1.82) is 0 Å². The Balaban J connectivity index is 1.80. The van der Waals surface area contributed by atoms with Crippen molar-refractivity contribution < 1.29 is 4.52 Å². The van der Waals surface area contributed by atoms with Gasteiger partial charge in [-0.25, -0.2) is 0 Å². The highest BCUT2D eigenvalue weighted by Gasteiger charge is 2.11. The van der Waals surface area contributed by atoms with Crippen LogP contribution in [-0.2, 0) is 5.75 Å². The molecule has 102 valence electrons. The van der Waals surface area contributed by atoms with Crippen LogP contribution in [0, 0.1) is 13.8 Å². The first-order chi connectivity index (χ1) is 9.72. The highest BCUT2D eigenvalue weighted by Crippen LogP contribution is 2.22. The van der Waals surface area contributed by atoms with Crippen molar-refractivity contribution in [1.82, 2.24) is 30.3 Å². The van der Waals surface area contributed by atoms with Crippen LogP contribution < -0.4 is 0 Å². The fourth-order valence-electron chi connectivity index (χ4n) is 1.72. The molecule has 0 fully saturated rings. The standard InChI is InChI=1S/C12H12N6OS/c1-8-4-3-5-10(6-8)18-12(14-16-17-18)20-7-11-13-9(2)15-19-11/h3-6H,7H2,1-2H3. The van der Waals surface area contributed by atoms with E-state index in [1.807, 2.05) is 31.2 Å². The van der Waals surface area contributed by atoms with Crippen LogP contribution in [0.5, 0.6) is 0 Å². The average molecular weight is 288 g/mol. The highest BCUT2D eigenvalue weighted by molar-refractivity contribution is 7.98. The minimum Gasteiger partial charge on any atom is -0.338 e. The van der Waals surface area contributed by atoms with E-state index in [0.29, 0.717) is 22.6 Å². The van der Waals surface area contributed by atoms with Crippen LogP contribution in [0.4, 0.5) is 0 Å². The van der Waals surface area contributed by atoms with E-state index in [-0.39, 0.29) is 0 Å². The van der Waals surface area contributed by atoms with Gasteiger partial charge in [-0.3, -0.25) is 0 Å². The molecule has 0 bridgehead atoms. The summed E-state index contributed by atoms with van der Waals surface area (Å²) in [6.07, 6.45) is 0. The maximum Gasteiger partial charge on any atom is 0.237 e. The third-order valence-corrected chi connectivity index (χ3v) is 3.49. The summed E-state index contributed by atoms with van der Waals surface area (Å²) in [5, 5.41) is 16.2. The molecular weight excluding hydrogens is 276 g/mol. The van der Waals surface area contributed by atoms with Crippen LogP contribution in [0.2, 0.25) is 0 Å². The molecule has 0 saturated heterocycles. The van der Waals surface area contributed by atoms with Gasteiger partial charge in [0.15, 0.2) is 5.82 Å². The maximum absolute atomic E-state index is 5.07. The summed E-state index contributed by atoms with van der Waals surface area (Å²) in [6, 6.07) is 7.99. The quantitative estimate of drug-likeness (QED) is 0.678. The molecule has 7 nitrogen and oxygen atoms in total. The van der Waals surface area contributed by atoms with Gasteiger partial charge in [-0.2, -0.15) is 9.67 Å². The molecule has 3 rings (SSSR count). The minimum absolute atomic E-state index is 0.535. The first-order valence-electron chi connectivity index (χ1n) is 6.00. The number of benzene rings is 1. The first kappa shape index (κ1) is 12.8. The summed E-state index contributed by atoms with van der Waals surface area (Å²) in [4.78, 5) is 4.15. The topological polar surface area (TPSA) is 82.5 Å². The molecule has 0 atom stereocenters. The van der Waals surface area contributed by atoms with E-state index in [4.69, 9.17) is 4.52 Å². The molecule has 0 amide bonds. The number of rotatable bonds is 4. The van der Waals surface area contributed by atoms with Gasteiger partial charge in [0.1, 0.15) is 0 Å². The summed E-state index contributed by atoms with van der Waals surface area (Å²) in [5.74, 6) is 1.72. The molecule has 20 heavy (non-hydrogen) atoms. The molecule has 0 saturated carbocycles. The fraction of sp³-hybridized carbons (Fsp3) is 0.250. The lowest BCUT2D eigenvalue weighted by Gasteiger charge is -2.03. The molecule has 2 heterocycles. The Morgan fingerprint density at radius 1 is 1.30 bits per heavy atom. The molecule has 0 aliphatic heterocycles. The molecule has 1 aromatic carbocycles. The highest BCUT2D eigenvalue weighted by atomic mass is 32.2.